The first-order valence-corrected chi connectivity index (χ1v) is 13.0. The van der Waals surface area contributed by atoms with Crippen LogP contribution in [0.4, 0.5) is 5.82 Å². The first kappa shape index (κ1) is 23.3. The molecule has 3 heterocycles. The zero-order valence-electron chi connectivity index (χ0n) is 17.4. The summed E-state index contributed by atoms with van der Waals surface area (Å²) >= 11 is 0. The Bertz CT molecular complexity index is 1330. The van der Waals surface area contributed by atoms with Crippen LogP contribution in [0.2, 0.25) is 0 Å². The van der Waals surface area contributed by atoms with Gasteiger partial charge in [-0.2, -0.15) is 5.11 Å². The standard InChI is InChI=1S/C18H23N9O4S2/c19-17-13(2-1-5-23-17)12-3-4-14(33(30,31)26-9-11-8-21-6-7-22-11)16(32(20,28)29)15(12)18-24-10-25-27-18/h1-5,11,21-22,26H,6-10H2,(H2,19,23)(H2,20,28,29)/t11-/m0/s1. The number of primary sulfonamides is 1. The number of nitrogens with two attached hydrogens (primary N) is 2. The molecule has 176 valence electrons. The summed E-state index contributed by atoms with van der Waals surface area (Å²) < 4.78 is 54.4. The molecule has 1 saturated heterocycles. The maximum absolute atomic E-state index is 13.2. The van der Waals surface area contributed by atoms with Crippen LogP contribution in [-0.4, -0.2) is 66.5 Å². The van der Waals surface area contributed by atoms with E-state index in [1.807, 2.05) is 0 Å². The van der Waals surface area contributed by atoms with Gasteiger partial charge in [-0.3, -0.25) is 0 Å². The minimum Gasteiger partial charge on any atom is -0.383 e. The van der Waals surface area contributed by atoms with Crippen LogP contribution in [0, 0.1) is 0 Å². The van der Waals surface area contributed by atoms with Crippen molar-refractivity contribution in [2.75, 3.05) is 38.6 Å². The second-order valence-corrected chi connectivity index (χ2v) is 10.6. The number of aliphatic imine (C=N–C) groups is 1. The number of nitrogen functional groups attached to an aromatic ring is 1. The van der Waals surface area contributed by atoms with Gasteiger partial charge in [-0.15, -0.1) is 5.11 Å². The Morgan fingerprint density at radius 3 is 2.58 bits per heavy atom. The number of rotatable bonds is 7. The molecule has 4 rings (SSSR count). The maximum atomic E-state index is 13.2. The number of piperazine rings is 1. The molecule has 0 unspecified atom stereocenters. The molecule has 2 aromatic rings. The van der Waals surface area contributed by atoms with E-state index in [0.717, 1.165) is 6.54 Å². The monoisotopic (exact) mass is 493 g/mol. The van der Waals surface area contributed by atoms with Gasteiger partial charge in [0.05, 0.1) is 5.56 Å². The third-order valence-electron chi connectivity index (χ3n) is 5.14. The Morgan fingerprint density at radius 2 is 1.94 bits per heavy atom. The molecule has 0 amide bonds. The highest BCUT2D eigenvalue weighted by Crippen LogP contribution is 2.36. The van der Waals surface area contributed by atoms with E-state index in [1.54, 1.807) is 12.1 Å². The highest BCUT2D eigenvalue weighted by atomic mass is 32.2. The summed E-state index contributed by atoms with van der Waals surface area (Å²) in [6.45, 7) is 2.04. The van der Waals surface area contributed by atoms with E-state index in [1.165, 1.54) is 18.3 Å². The summed E-state index contributed by atoms with van der Waals surface area (Å²) in [6, 6.07) is 5.68. The van der Waals surface area contributed by atoms with Gasteiger partial charge >= 0.3 is 0 Å². The second kappa shape index (κ2) is 9.20. The molecule has 13 nitrogen and oxygen atoms in total. The fraction of sp³-hybridized carbons (Fsp3) is 0.333. The Kier molecular flexibility index (Phi) is 6.51. The van der Waals surface area contributed by atoms with Gasteiger partial charge in [-0.05, 0) is 23.8 Å². The predicted octanol–water partition coefficient (Wildman–Crippen LogP) is -1.01. The molecular formula is C18H23N9O4S2. The molecule has 7 N–H and O–H groups in total. The van der Waals surface area contributed by atoms with Crippen LogP contribution in [0.1, 0.15) is 5.56 Å². The van der Waals surface area contributed by atoms with Crippen molar-refractivity contribution in [2.24, 2.45) is 20.4 Å². The van der Waals surface area contributed by atoms with Crippen molar-refractivity contribution >= 4 is 31.7 Å². The van der Waals surface area contributed by atoms with Crippen molar-refractivity contribution < 1.29 is 16.8 Å². The van der Waals surface area contributed by atoms with Crippen LogP contribution in [0.25, 0.3) is 11.1 Å². The van der Waals surface area contributed by atoms with E-state index in [-0.39, 0.29) is 42.0 Å². The molecular weight excluding hydrogens is 470 g/mol. The first-order valence-electron chi connectivity index (χ1n) is 9.95. The molecule has 0 radical (unpaired) electrons. The molecule has 0 spiro atoms. The van der Waals surface area contributed by atoms with Gasteiger partial charge in [0.2, 0.25) is 20.0 Å². The van der Waals surface area contributed by atoms with Crippen molar-refractivity contribution in [1.82, 2.24) is 20.3 Å². The minimum absolute atomic E-state index is 0.0308. The lowest BCUT2D eigenvalue weighted by Crippen LogP contribution is -2.53. The Morgan fingerprint density at radius 1 is 1.12 bits per heavy atom. The molecule has 2 aliphatic heterocycles. The Balaban J connectivity index is 1.89. The SMILES string of the molecule is Nc1ncccc1-c1ccc(S(=O)(=O)NC[C@@H]2CNCCN2)c(S(N)(=O)=O)c1C1=NCN=N1. The summed E-state index contributed by atoms with van der Waals surface area (Å²) in [5, 5.41) is 19.5. The normalized spacial score (nSPS) is 18.9. The Hall–Kier alpha value is -2.82. The highest BCUT2D eigenvalue weighted by Gasteiger charge is 2.33. The average Bonchev–Trinajstić information content (AvgIpc) is 3.32. The van der Waals surface area contributed by atoms with Crippen LogP contribution in [0.15, 0.2) is 55.5 Å². The molecule has 15 heteroatoms. The van der Waals surface area contributed by atoms with E-state index < -0.39 is 29.8 Å². The summed E-state index contributed by atoms with van der Waals surface area (Å²) in [7, 11) is -8.85. The number of hydrogen-bond donors (Lipinski definition) is 5. The van der Waals surface area contributed by atoms with Crippen LogP contribution >= 0.6 is 0 Å². The summed E-state index contributed by atoms with van der Waals surface area (Å²) in [5.41, 5.74) is 6.54. The number of hydrogen-bond acceptors (Lipinski definition) is 11. The number of aromatic nitrogens is 1. The smallest absolute Gasteiger partial charge is 0.241 e. The van der Waals surface area contributed by atoms with E-state index >= 15 is 0 Å². The second-order valence-electron chi connectivity index (χ2n) is 7.37. The number of nitrogens with one attached hydrogen (secondary N) is 3. The van der Waals surface area contributed by atoms with Crippen molar-refractivity contribution in [2.45, 2.75) is 15.8 Å². The third kappa shape index (κ3) is 4.92. The van der Waals surface area contributed by atoms with Gasteiger partial charge in [-0.25, -0.2) is 36.7 Å². The molecule has 1 aromatic carbocycles. The van der Waals surface area contributed by atoms with E-state index in [0.29, 0.717) is 18.7 Å². The van der Waals surface area contributed by atoms with Gasteiger partial charge in [0.1, 0.15) is 15.6 Å². The zero-order chi connectivity index (χ0) is 23.6. The first-order chi connectivity index (χ1) is 15.7. The topological polar surface area (TPSA) is 206 Å². The predicted molar refractivity (Wildman–Crippen MR) is 122 cm³/mol. The quantitative estimate of drug-likeness (QED) is 0.322. The summed E-state index contributed by atoms with van der Waals surface area (Å²) in [4.78, 5) is 6.99. The summed E-state index contributed by atoms with van der Waals surface area (Å²) in [5.74, 6) is 0.0479. The van der Waals surface area contributed by atoms with Crippen molar-refractivity contribution in [3.05, 3.63) is 36.0 Å². The van der Waals surface area contributed by atoms with Gasteiger partial charge in [0.25, 0.3) is 0 Å². The number of sulfonamides is 2. The average molecular weight is 494 g/mol. The van der Waals surface area contributed by atoms with Crippen molar-refractivity contribution in [1.29, 1.82) is 0 Å². The van der Waals surface area contributed by atoms with Gasteiger partial charge in [0, 0.05) is 44.0 Å². The van der Waals surface area contributed by atoms with Crippen molar-refractivity contribution in [3.8, 4) is 11.1 Å². The van der Waals surface area contributed by atoms with Crippen LogP contribution in [0.5, 0.6) is 0 Å². The highest BCUT2D eigenvalue weighted by molar-refractivity contribution is 7.92. The van der Waals surface area contributed by atoms with Gasteiger partial charge < -0.3 is 16.4 Å². The number of nitrogens with zero attached hydrogens (tertiary/aromatic N) is 4. The molecule has 33 heavy (non-hydrogen) atoms. The summed E-state index contributed by atoms with van der Waals surface area (Å²) in [6.07, 6.45) is 1.47. The number of anilines is 1. The fourth-order valence-electron chi connectivity index (χ4n) is 3.65. The number of azo groups is 1. The molecule has 2 aliphatic rings. The molecule has 1 fully saturated rings. The zero-order valence-corrected chi connectivity index (χ0v) is 19.0. The van der Waals surface area contributed by atoms with Crippen LogP contribution < -0.4 is 26.2 Å². The number of benzene rings is 1. The molecule has 0 saturated carbocycles. The van der Waals surface area contributed by atoms with E-state index in [9.17, 15) is 16.8 Å². The Labute approximate surface area is 190 Å². The van der Waals surface area contributed by atoms with Crippen LogP contribution in [0.3, 0.4) is 0 Å². The van der Waals surface area contributed by atoms with Crippen molar-refractivity contribution in [3.63, 3.8) is 0 Å². The molecule has 1 atom stereocenters. The molecule has 1 aromatic heterocycles. The van der Waals surface area contributed by atoms with E-state index in [4.69, 9.17) is 10.9 Å². The largest absolute Gasteiger partial charge is 0.383 e. The lowest BCUT2D eigenvalue weighted by atomic mass is 9.99. The third-order valence-corrected chi connectivity index (χ3v) is 7.73. The molecule has 0 aliphatic carbocycles. The minimum atomic E-state index is -4.56. The van der Waals surface area contributed by atoms with Crippen LogP contribution in [-0.2, 0) is 20.0 Å². The van der Waals surface area contributed by atoms with Gasteiger partial charge in [0.15, 0.2) is 12.5 Å². The van der Waals surface area contributed by atoms with Gasteiger partial charge in [-0.1, -0.05) is 6.07 Å². The van der Waals surface area contributed by atoms with E-state index in [2.05, 4.69) is 35.6 Å². The lowest BCUT2D eigenvalue weighted by molar-refractivity contribution is 0.414. The molecule has 0 bridgehead atoms. The maximum Gasteiger partial charge on any atom is 0.241 e. The lowest BCUT2D eigenvalue weighted by Gasteiger charge is -2.25. The number of pyridine rings is 1. The fourth-order valence-corrected chi connectivity index (χ4v) is 6.33. The number of amidine groups is 1.